The third kappa shape index (κ3) is 6.68. The van der Waals surface area contributed by atoms with Crippen LogP contribution < -0.4 is 0 Å². The molecule has 1 N–H and O–H groups in total. The largest absolute Gasteiger partial charge is 0.507 e. The molecule has 0 aliphatic carbocycles. The third-order valence-corrected chi connectivity index (χ3v) is 5.14. The molecule has 28 heavy (non-hydrogen) atoms. The standard InChI is InChI=1S/C25H40O3/c1-10-14-24(6,7)19-15-18(12-13-21(26)28-11-2)16-20(22(19)27)25(8,9)17-23(3,4)5/h12-13,15-16,27H,10-11,14,17H2,1-9H3/b13-12+. The van der Waals surface area contributed by atoms with E-state index in [0.29, 0.717) is 12.4 Å². The highest BCUT2D eigenvalue weighted by Gasteiger charge is 2.33. The molecular formula is C25H40O3. The second-order valence-electron chi connectivity index (χ2n) is 10.3. The van der Waals surface area contributed by atoms with Crippen molar-refractivity contribution in [3.8, 4) is 5.75 Å². The predicted molar refractivity (Wildman–Crippen MR) is 119 cm³/mol. The van der Waals surface area contributed by atoms with E-state index in [1.807, 2.05) is 12.1 Å². The van der Waals surface area contributed by atoms with E-state index < -0.39 is 0 Å². The van der Waals surface area contributed by atoms with Crippen LogP contribution in [0.5, 0.6) is 5.75 Å². The van der Waals surface area contributed by atoms with Crippen LogP contribution in [0.3, 0.4) is 0 Å². The van der Waals surface area contributed by atoms with Gasteiger partial charge in [0.15, 0.2) is 0 Å². The molecular weight excluding hydrogens is 348 g/mol. The van der Waals surface area contributed by atoms with E-state index in [-0.39, 0.29) is 22.2 Å². The lowest BCUT2D eigenvalue weighted by atomic mass is 9.69. The summed E-state index contributed by atoms with van der Waals surface area (Å²) in [7, 11) is 0. The lowest BCUT2D eigenvalue weighted by Crippen LogP contribution is -2.26. The normalized spacial score (nSPS) is 13.2. The van der Waals surface area contributed by atoms with E-state index in [0.717, 1.165) is 36.0 Å². The van der Waals surface area contributed by atoms with Gasteiger partial charge in [-0.15, -0.1) is 0 Å². The van der Waals surface area contributed by atoms with Crippen molar-refractivity contribution >= 4 is 12.0 Å². The molecule has 0 spiro atoms. The van der Waals surface area contributed by atoms with Crippen LogP contribution in [-0.4, -0.2) is 17.7 Å². The van der Waals surface area contributed by atoms with E-state index in [9.17, 15) is 9.90 Å². The Morgan fingerprint density at radius 1 is 1.00 bits per heavy atom. The third-order valence-electron chi connectivity index (χ3n) is 5.14. The van der Waals surface area contributed by atoms with Crippen LogP contribution >= 0.6 is 0 Å². The van der Waals surface area contributed by atoms with E-state index in [1.165, 1.54) is 6.08 Å². The summed E-state index contributed by atoms with van der Waals surface area (Å²) in [6, 6.07) is 4.03. The van der Waals surface area contributed by atoms with Gasteiger partial charge in [-0.25, -0.2) is 4.79 Å². The summed E-state index contributed by atoms with van der Waals surface area (Å²) in [4.78, 5) is 11.8. The van der Waals surface area contributed by atoms with Crippen molar-refractivity contribution in [2.45, 2.75) is 92.4 Å². The summed E-state index contributed by atoms with van der Waals surface area (Å²) in [5.74, 6) is 0.0430. The summed E-state index contributed by atoms with van der Waals surface area (Å²) in [6.07, 6.45) is 6.21. The first-order valence-corrected chi connectivity index (χ1v) is 10.5. The number of rotatable bonds is 8. The van der Waals surface area contributed by atoms with Gasteiger partial charge in [-0.05, 0) is 59.8 Å². The topological polar surface area (TPSA) is 46.5 Å². The number of hydrogen-bond acceptors (Lipinski definition) is 3. The van der Waals surface area contributed by atoms with Gasteiger partial charge in [0.2, 0.25) is 0 Å². The van der Waals surface area contributed by atoms with Crippen molar-refractivity contribution in [3.05, 3.63) is 34.9 Å². The van der Waals surface area contributed by atoms with Crippen LogP contribution in [0, 0.1) is 5.41 Å². The average Bonchev–Trinajstić information content (AvgIpc) is 2.51. The summed E-state index contributed by atoms with van der Waals surface area (Å²) in [5, 5.41) is 11.3. The van der Waals surface area contributed by atoms with Gasteiger partial charge < -0.3 is 9.84 Å². The van der Waals surface area contributed by atoms with Crippen molar-refractivity contribution in [1.29, 1.82) is 0 Å². The minimum Gasteiger partial charge on any atom is -0.507 e. The van der Waals surface area contributed by atoms with Crippen molar-refractivity contribution in [2.75, 3.05) is 6.61 Å². The average molecular weight is 389 g/mol. The fraction of sp³-hybridized carbons (Fsp3) is 0.640. The van der Waals surface area contributed by atoms with Gasteiger partial charge in [-0.2, -0.15) is 0 Å². The summed E-state index contributed by atoms with van der Waals surface area (Å²) in [6.45, 7) is 19.7. The lowest BCUT2D eigenvalue weighted by molar-refractivity contribution is -0.137. The quantitative estimate of drug-likeness (QED) is 0.395. The van der Waals surface area contributed by atoms with Gasteiger partial charge in [-0.1, -0.05) is 61.8 Å². The van der Waals surface area contributed by atoms with E-state index in [4.69, 9.17) is 4.74 Å². The molecule has 0 aliphatic heterocycles. The fourth-order valence-corrected chi connectivity index (χ4v) is 4.32. The summed E-state index contributed by atoms with van der Waals surface area (Å²) < 4.78 is 5.01. The second-order valence-corrected chi connectivity index (χ2v) is 10.3. The Bertz CT molecular complexity index is 703. The van der Waals surface area contributed by atoms with Crippen molar-refractivity contribution < 1.29 is 14.6 Å². The van der Waals surface area contributed by atoms with Gasteiger partial charge in [0.05, 0.1) is 6.61 Å². The van der Waals surface area contributed by atoms with Crippen molar-refractivity contribution in [2.24, 2.45) is 5.41 Å². The molecule has 1 aromatic carbocycles. The van der Waals surface area contributed by atoms with Gasteiger partial charge >= 0.3 is 5.97 Å². The van der Waals surface area contributed by atoms with E-state index >= 15 is 0 Å². The Hall–Kier alpha value is -1.77. The molecule has 3 heteroatoms. The van der Waals surface area contributed by atoms with Gasteiger partial charge in [0, 0.05) is 17.2 Å². The zero-order chi connectivity index (χ0) is 21.8. The molecule has 0 saturated carbocycles. The number of aromatic hydroxyl groups is 1. The Balaban J connectivity index is 3.57. The van der Waals surface area contributed by atoms with E-state index in [1.54, 1.807) is 13.0 Å². The van der Waals surface area contributed by atoms with Crippen LogP contribution in [0.1, 0.15) is 98.3 Å². The maximum Gasteiger partial charge on any atom is 0.330 e. The number of phenolic OH excluding ortho intramolecular Hbond substituents is 1. The van der Waals surface area contributed by atoms with Crippen LogP contribution in [0.15, 0.2) is 18.2 Å². The van der Waals surface area contributed by atoms with Gasteiger partial charge in [0.1, 0.15) is 5.75 Å². The molecule has 158 valence electrons. The zero-order valence-corrected chi connectivity index (χ0v) is 19.4. The smallest absolute Gasteiger partial charge is 0.330 e. The molecule has 0 heterocycles. The minimum absolute atomic E-state index is 0.131. The van der Waals surface area contributed by atoms with Crippen molar-refractivity contribution in [1.82, 2.24) is 0 Å². The maximum atomic E-state index is 11.8. The molecule has 0 saturated heterocycles. The molecule has 0 amide bonds. The first-order chi connectivity index (χ1) is 12.7. The number of ether oxygens (including phenoxy) is 1. The van der Waals surface area contributed by atoms with Crippen LogP contribution in [0.2, 0.25) is 0 Å². The number of hydrogen-bond donors (Lipinski definition) is 1. The Labute approximate surface area is 172 Å². The monoisotopic (exact) mass is 388 g/mol. The summed E-state index contributed by atoms with van der Waals surface area (Å²) in [5.41, 5.74) is 2.57. The number of esters is 1. The molecule has 1 aromatic rings. The predicted octanol–water partition coefficient (Wildman–Crippen LogP) is 6.76. The number of carbonyl (C=O) groups is 1. The van der Waals surface area contributed by atoms with Crippen LogP contribution in [0.4, 0.5) is 0 Å². The Morgan fingerprint density at radius 3 is 2.00 bits per heavy atom. The molecule has 3 nitrogen and oxygen atoms in total. The Morgan fingerprint density at radius 2 is 1.54 bits per heavy atom. The van der Waals surface area contributed by atoms with Crippen LogP contribution in [0.25, 0.3) is 6.08 Å². The fourth-order valence-electron chi connectivity index (χ4n) is 4.32. The molecule has 0 aliphatic rings. The maximum absolute atomic E-state index is 11.8. The molecule has 0 radical (unpaired) electrons. The van der Waals surface area contributed by atoms with Gasteiger partial charge in [0.25, 0.3) is 0 Å². The molecule has 1 rings (SSSR count). The number of benzene rings is 1. The Kier molecular flexibility index (Phi) is 7.93. The minimum atomic E-state index is -0.347. The lowest BCUT2D eigenvalue weighted by Gasteiger charge is -2.36. The molecule has 0 unspecified atom stereocenters. The highest BCUT2D eigenvalue weighted by atomic mass is 16.5. The zero-order valence-electron chi connectivity index (χ0n) is 19.4. The molecule has 0 aromatic heterocycles. The number of carbonyl (C=O) groups excluding carboxylic acids is 1. The SMILES string of the molecule is CCCC(C)(C)c1cc(/C=C/C(=O)OCC)cc(C(C)(C)CC(C)(C)C)c1O. The molecule has 0 fully saturated rings. The molecule has 0 atom stereocenters. The first kappa shape index (κ1) is 24.3. The highest BCUT2D eigenvalue weighted by molar-refractivity contribution is 5.87. The highest BCUT2D eigenvalue weighted by Crippen LogP contribution is 2.45. The van der Waals surface area contributed by atoms with Crippen LogP contribution in [-0.2, 0) is 20.4 Å². The van der Waals surface area contributed by atoms with Gasteiger partial charge in [-0.3, -0.25) is 0 Å². The summed E-state index contributed by atoms with van der Waals surface area (Å²) >= 11 is 0. The second kappa shape index (κ2) is 9.15. The number of phenols is 1. The van der Waals surface area contributed by atoms with E-state index in [2.05, 4.69) is 55.4 Å². The molecule has 0 bridgehead atoms. The van der Waals surface area contributed by atoms with Crippen molar-refractivity contribution in [3.63, 3.8) is 0 Å². The first-order valence-electron chi connectivity index (χ1n) is 10.5.